The fourth-order valence-corrected chi connectivity index (χ4v) is 1.86. The lowest BCUT2D eigenvalue weighted by atomic mass is 10.2. The van der Waals surface area contributed by atoms with Gasteiger partial charge in [0.05, 0.1) is 0 Å². The highest BCUT2D eigenvalue weighted by atomic mass is 16.4. The van der Waals surface area contributed by atoms with Crippen LogP contribution >= 0.6 is 0 Å². The van der Waals surface area contributed by atoms with E-state index in [4.69, 9.17) is 5.11 Å². The maximum Gasteiger partial charge on any atom is 0.303 e. The minimum atomic E-state index is -0.857. The molecule has 1 amide bonds. The predicted molar refractivity (Wildman–Crippen MR) is 73.4 cm³/mol. The van der Waals surface area contributed by atoms with Crippen LogP contribution in [0.3, 0.4) is 0 Å². The minimum absolute atomic E-state index is 0.0237. The number of carbonyl (C=O) groups excluding carboxylic acids is 1. The molecule has 0 saturated heterocycles. The van der Waals surface area contributed by atoms with Crippen molar-refractivity contribution in [3.8, 4) is 0 Å². The van der Waals surface area contributed by atoms with Crippen molar-refractivity contribution in [2.75, 3.05) is 6.54 Å². The van der Waals surface area contributed by atoms with Gasteiger partial charge in [-0.1, -0.05) is 6.92 Å². The molecule has 7 heteroatoms. The molecule has 0 aromatic carbocycles. The van der Waals surface area contributed by atoms with Crippen LogP contribution in [-0.2, 0) is 11.2 Å². The number of rotatable bonds is 8. The average Bonchev–Trinajstić information content (AvgIpc) is 2.82. The summed E-state index contributed by atoms with van der Waals surface area (Å²) in [5, 5.41) is 15.3. The van der Waals surface area contributed by atoms with E-state index in [1.165, 1.54) is 0 Å². The molecule has 0 fully saturated rings. The highest BCUT2D eigenvalue weighted by Crippen LogP contribution is 2.08. The van der Waals surface area contributed by atoms with E-state index in [1.54, 1.807) is 4.90 Å². The van der Waals surface area contributed by atoms with E-state index in [2.05, 4.69) is 15.2 Å². The van der Waals surface area contributed by atoms with Crippen molar-refractivity contribution in [2.45, 2.75) is 52.5 Å². The van der Waals surface area contributed by atoms with Crippen LogP contribution in [0.5, 0.6) is 0 Å². The third kappa shape index (κ3) is 4.64. The third-order valence-corrected chi connectivity index (χ3v) is 2.88. The number of aryl methyl sites for hydroxylation is 1. The number of aromatic nitrogens is 3. The van der Waals surface area contributed by atoms with Crippen LogP contribution in [0, 0.1) is 0 Å². The van der Waals surface area contributed by atoms with Crippen molar-refractivity contribution in [3.63, 3.8) is 0 Å². The first-order valence-corrected chi connectivity index (χ1v) is 6.89. The Morgan fingerprint density at radius 1 is 1.40 bits per heavy atom. The monoisotopic (exact) mass is 282 g/mol. The van der Waals surface area contributed by atoms with Gasteiger partial charge < -0.3 is 10.0 Å². The smallest absolute Gasteiger partial charge is 0.303 e. The molecular weight excluding hydrogens is 260 g/mol. The Morgan fingerprint density at radius 3 is 2.65 bits per heavy atom. The molecule has 0 aliphatic rings. The number of H-pyrrole nitrogens is 1. The molecule has 0 bridgehead atoms. The number of aliphatic carboxylic acids is 1. The lowest BCUT2D eigenvalue weighted by Gasteiger charge is -2.25. The van der Waals surface area contributed by atoms with Gasteiger partial charge >= 0.3 is 5.97 Å². The van der Waals surface area contributed by atoms with E-state index < -0.39 is 5.97 Å². The molecule has 0 unspecified atom stereocenters. The van der Waals surface area contributed by atoms with Gasteiger partial charge in [-0.3, -0.25) is 14.7 Å². The normalized spacial score (nSPS) is 10.8. The van der Waals surface area contributed by atoms with E-state index in [1.807, 2.05) is 20.8 Å². The molecule has 0 radical (unpaired) electrons. The molecule has 1 heterocycles. The summed E-state index contributed by atoms with van der Waals surface area (Å²) < 4.78 is 0. The van der Waals surface area contributed by atoms with Crippen LogP contribution in [0.1, 0.15) is 56.5 Å². The summed E-state index contributed by atoms with van der Waals surface area (Å²) in [5.41, 5.74) is 0. The molecule has 1 aromatic heterocycles. The fourth-order valence-electron chi connectivity index (χ4n) is 1.86. The zero-order valence-electron chi connectivity index (χ0n) is 12.2. The standard InChI is InChI=1S/C13H22N4O3/c1-4-6-10-14-12(16-15-10)13(20)17(9(2)3)8-5-7-11(18)19/h9H,4-8H2,1-3H3,(H,18,19)(H,14,15,16). The van der Waals surface area contributed by atoms with E-state index in [0.717, 1.165) is 12.8 Å². The maximum absolute atomic E-state index is 12.3. The van der Waals surface area contributed by atoms with Gasteiger partial charge in [-0.15, -0.1) is 5.10 Å². The lowest BCUT2D eigenvalue weighted by Crippen LogP contribution is -2.38. The second-order valence-electron chi connectivity index (χ2n) is 4.95. The number of carboxylic acid groups (broad SMARTS) is 1. The number of amides is 1. The van der Waals surface area contributed by atoms with Gasteiger partial charge in [-0.25, -0.2) is 4.98 Å². The van der Waals surface area contributed by atoms with Gasteiger partial charge in [0, 0.05) is 25.4 Å². The highest BCUT2D eigenvalue weighted by Gasteiger charge is 2.22. The van der Waals surface area contributed by atoms with Gasteiger partial charge in [0.1, 0.15) is 5.82 Å². The van der Waals surface area contributed by atoms with Crippen LogP contribution in [-0.4, -0.2) is 49.7 Å². The number of aromatic amines is 1. The maximum atomic E-state index is 12.3. The Bertz CT molecular complexity index is 456. The number of hydrogen-bond acceptors (Lipinski definition) is 4. The molecule has 0 aliphatic carbocycles. The Kier molecular flexibility index (Phi) is 6.14. The van der Waals surface area contributed by atoms with Crippen molar-refractivity contribution in [1.82, 2.24) is 20.1 Å². The molecule has 20 heavy (non-hydrogen) atoms. The summed E-state index contributed by atoms with van der Waals surface area (Å²) in [4.78, 5) is 28.6. The molecule has 1 aromatic rings. The van der Waals surface area contributed by atoms with Crippen molar-refractivity contribution in [2.24, 2.45) is 0 Å². The SMILES string of the molecule is CCCc1nc(C(=O)N(CCCC(=O)O)C(C)C)n[nH]1. The molecule has 0 atom stereocenters. The Labute approximate surface area is 118 Å². The second-order valence-corrected chi connectivity index (χ2v) is 4.95. The molecule has 2 N–H and O–H groups in total. The van der Waals surface area contributed by atoms with E-state index in [-0.39, 0.29) is 24.2 Å². The molecule has 0 spiro atoms. The van der Waals surface area contributed by atoms with E-state index >= 15 is 0 Å². The molecule has 7 nitrogen and oxygen atoms in total. The van der Waals surface area contributed by atoms with Gasteiger partial charge in [-0.2, -0.15) is 0 Å². The third-order valence-electron chi connectivity index (χ3n) is 2.88. The number of hydrogen-bond donors (Lipinski definition) is 2. The Hall–Kier alpha value is -1.92. The number of carbonyl (C=O) groups is 2. The quantitative estimate of drug-likeness (QED) is 0.752. The lowest BCUT2D eigenvalue weighted by molar-refractivity contribution is -0.137. The van der Waals surface area contributed by atoms with Crippen molar-refractivity contribution < 1.29 is 14.7 Å². The molecule has 0 saturated carbocycles. The Balaban J connectivity index is 2.69. The Morgan fingerprint density at radius 2 is 2.10 bits per heavy atom. The number of carboxylic acids is 1. The van der Waals surface area contributed by atoms with Crippen LogP contribution in [0.2, 0.25) is 0 Å². The minimum Gasteiger partial charge on any atom is -0.481 e. The van der Waals surface area contributed by atoms with Gasteiger partial charge in [0.2, 0.25) is 5.82 Å². The first-order valence-electron chi connectivity index (χ1n) is 6.89. The molecule has 0 aliphatic heterocycles. The van der Waals surface area contributed by atoms with Crippen molar-refractivity contribution in [3.05, 3.63) is 11.6 Å². The largest absolute Gasteiger partial charge is 0.481 e. The summed E-state index contributed by atoms with van der Waals surface area (Å²) in [6.07, 6.45) is 2.15. The van der Waals surface area contributed by atoms with Crippen LogP contribution < -0.4 is 0 Å². The van der Waals surface area contributed by atoms with Crippen LogP contribution in [0.15, 0.2) is 0 Å². The predicted octanol–water partition coefficient (Wildman–Crippen LogP) is 1.47. The number of nitrogens with one attached hydrogen (secondary N) is 1. The second kappa shape index (κ2) is 7.62. The van der Waals surface area contributed by atoms with Crippen molar-refractivity contribution >= 4 is 11.9 Å². The molecule has 1 rings (SSSR count). The van der Waals surface area contributed by atoms with Crippen LogP contribution in [0.25, 0.3) is 0 Å². The van der Waals surface area contributed by atoms with E-state index in [0.29, 0.717) is 18.8 Å². The zero-order valence-corrected chi connectivity index (χ0v) is 12.2. The van der Waals surface area contributed by atoms with Crippen LogP contribution in [0.4, 0.5) is 0 Å². The summed E-state index contributed by atoms with van der Waals surface area (Å²) >= 11 is 0. The van der Waals surface area contributed by atoms with Gasteiger partial charge in [0.25, 0.3) is 5.91 Å². The topological polar surface area (TPSA) is 99.2 Å². The molecule has 112 valence electrons. The summed E-state index contributed by atoms with van der Waals surface area (Å²) in [6.45, 7) is 6.19. The summed E-state index contributed by atoms with van der Waals surface area (Å²) in [5.74, 6) is -0.268. The van der Waals surface area contributed by atoms with E-state index in [9.17, 15) is 9.59 Å². The molecular formula is C13H22N4O3. The average molecular weight is 282 g/mol. The summed E-state index contributed by atoms with van der Waals surface area (Å²) in [6, 6.07) is -0.0237. The van der Waals surface area contributed by atoms with Gasteiger partial charge in [0.15, 0.2) is 0 Å². The first-order chi connectivity index (χ1) is 9.45. The van der Waals surface area contributed by atoms with Gasteiger partial charge in [-0.05, 0) is 26.7 Å². The zero-order chi connectivity index (χ0) is 15.1. The highest BCUT2D eigenvalue weighted by molar-refractivity contribution is 5.90. The summed E-state index contributed by atoms with van der Waals surface area (Å²) in [7, 11) is 0. The number of nitrogens with zero attached hydrogens (tertiary/aromatic N) is 3. The fraction of sp³-hybridized carbons (Fsp3) is 0.692. The van der Waals surface area contributed by atoms with Crippen molar-refractivity contribution in [1.29, 1.82) is 0 Å². The first kappa shape index (κ1) is 16.1.